The normalized spacial score (nSPS) is 16.6. The monoisotopic (exact) mass is 310 g/mol. The Morgan fingerprint density at radius 1 is 1.24 bits per heavy atom. The molecule has 0 saturated heterocycles. The smallest absolute Gasteiger partial charge is 0.230 e. The molecule has 0 heterocycles. The summed E-state index contributed by atoms with van der Waals surface area (Å²) in [6.45, 7) is 4.80. The molecule has 0 atom stereocenters. The fourth-order valence-corrected chi connectivity index (χ4v) is 2.87. The Labute approximate surface area is 126 Å². The fourth-order valence-electron chi connectivity index (χ4n) is 2.31. The van der Waals surface area contributed by atoms with Crippen LogP contribution in [0.1, 0.15) is 32.3 Å². The van der Waals surface area contributed by atoms with Gasteiger partial charge in [0, 0.05) is 12.2 Å². The number of amides is 1. The van der Waals surface area contributed by atoms with Crippen molar-refractivity contribution in [3.05, 3.63) is 29.8 Å². The van der Waals surface area contributed by atoms with Crippen LogP contribution in [-0.4, -0.2) is 27.1 Å². The molecule has 2 rings (SSSR count). The Kier molecular flexibility index (Phi) is 4.27. The van der Waals surface area contributed by atoms with Crippen LogP contribution in [0.4, 0.5) is 5.69 Å². The maximum atomic E-state index is 12.3. The molecular formula is C15H22N2O3S. The summed E-state index contributed by atoms with van der Waals surface area (Å²) in [6, 6.07) is 7.06. The van der Waals surface area contributed by atoms with Gasteiger partial charge in [0.15, 0.2) is 0 Å². The van der Waals surface area contributed by atoms with E-state index in [-0.39, 0.29) is 5.91 Å². The first-order valence-corrected chi connectivity index (χ1v) is 8.99. The lowest BCUT2D eigenvalue weighted by molar-refractivity contribution is -0.123. The highest BCUT2D eigenvalue weighted by Gasteiger charge is 2.51. The van der Waals surface area contributed by atoms with Gasteiger partial charge in [0.1, 0.15) is 0 Å². The minimum atomic E-state index is -3.27. The molecule has 1 aliphatic carbocycles. The summed E-state index contributed by atoms with van der Waals surface area (Å²) in [5.41, 5.74) is 1.04. The molecule has 1 aromatic carbocycles. The third-order valence-corrected chi connectivity index (χ3v) is 4.20. The fraction of sp³-hybridized carbons (Fsp3) is 0.533. The molecule has 116 valence electrons. The van der Waals surface area contributed by atoms with Gasteiger partial charge in [-0.3, -0.25) is 9.52 Å². The number of carbonyl (C=O) groups is 1. The highest BCUT2D eigenvalue weighted by molar-refractivity contribution is 7.92. The third-order valence-electron chi connectivity index (χ3n) is 3.60. The second-order valence-electron chi connectivity index (χ2n) is 6.14. The molecule has 0 aliphatic heterocycles. The van der Waals surface area contributed by atoms with Crippen LogP contribution in [0.2, 0.25) is 0 Å². The molecule has 0 aromatic heterocycles. The van der Waals surface area contributed by atoms with Gasteiger partial charge < -0.3 is 5.32 Å². The van der Waals surface area contributed by atoms with Gasteiger partial charge in [-0.25, -0.2) is 8.42 Å². The molecule has 1 aliphatic rings. The molecule has 1 amide bonds. The summed E-state index contributed by atoms with van der Waals surface area (Å²) >= 11 is 0. The van der Waals surface area contributed by atoms with E-state index in [1.165, 1.54) is 0 Å². The van der Waals surface area contributed by atoms with Crippen LogP contribution in [-0.2, 0) is 20.2 Å². The summed E-state index contributed by atoms with van der Waals surface area (Å²) in [5.74, 6) is 0.492. The topological polar surface area (TPSA) is 75.3 Å². The Hall–Kier alpha value is -1.56. The van der Waals surface area contributed by atoms with Gasteiger partial charge >= 0.3 is 0 Å². The first-order valence-electron chi connectivity index (χ1n) is 7.09. The Bertz CT molecular complexity index is 617. The predicted molar refractivity (Wildman–Crippen MR) is 83.7 cm³/mol. The van der Waals surface area contributed by atoms with Gasteiger partial charge in [-0.05, 0) is 36.5 Å². The van der Waals surface area contributed by atoms with Crippen molar-refractivity contribution in [3.63, 3.8) is 0 Å². The molecule has 0 bridgehead atoms. The zero-order chi connectivity index (χ0) is 15.7. The van der Waals surface area contributed by atoms with Crippen LogP contribution in [0.15, 0.2) is 24.3 Å². The molecule has 0 unspecified atom stereocenters. The largest absolute Gasteiger partial charge is 0.355 e. The van der Waals surface area contributed by atoms with Crippen molar-refractivity contribution in [2.24, 2.45) is 5.92 Å². The summed E-state index contributed by atoms with van der Waals surface area (Å²) < 4.78 is 24.8. The average Bonchev–Trinajstić information content (AvgIpc) is 3.16. The second-order valence-corrected chi connectivity index (χ2v) is 7.89. The molecule has 6 heteroatoms. The zero-order valence-electron chi connectivity index (χ0n) is 12.6. The lowest BCUT2D eigenvalue weighted by Gasteiger charge is -2.17. The molecular weight excluding hydrogens is 288 g/mol. The van der Waals surface area contributed by atoms with Crippen molar-refractivity contribution in [2.45, 2.75) is 32.1 Å². The number of carbonyl (C=O) groups excluding carboxylic acids is 1. The second kappa shape index (κ2) is 5.67. The quantitative estimate of drug-likeness (QED) is 0.842. The molecule has 1 saturated carbocycles. The number of anilines is 1. The van der Waals surface area contributed by atoms with Gasteiger partial charge in [-0.15, -0.1) is 0 Å². The molecule has 0 radical (unpaired) electrons. The number of hydrogen-bond acceptors (Lipinski definition) is 3. The van der Waals surface area contributed by atoms with Crippen molar-refractivity contribution in [3.8, 4) is 0 Å². The highest BCUT2D eigenvalue weighted by Crippen LogP contribution is 2.48. The molecule has 1 fully saturated rings. The van der Waals surface area contributed by atoms with E-state index in [1.807, 2.05) is 12.1 Å². The van der Waals surface area contributed by atoms with E-state index in [0.717, 1.165) is 24.7 Å². The van der Waals surface area contributed by atoms with Crippen LogP contribution >= 0.6 is 0 Å². The lowest BCUT2D eigenvalue weighted by Crippen LogP contribution is -2.36. The summed E-state index contributed by atoms with van der Waals surface area (Å²) in [4.78, 5) is 12.3. The van der Waals surface area contributed by atoms with Crippen molar-refractivity contribution in [2.75, 3.05) is 17.5 Å². The van der Waals surface area contributed by atoms with Crippen LogP contribution in [0, 0.1) is 5.92 Å². The molecule has 0 spiro atoms. The Balaban J connectivity index is 2.09. The van der Waals surface area contributed by atoms with E-state index in [2.05, 4.69) is 23.9 Å². The van der Waals surface area contributed by atoms with Crippen LogP contribution in [0.3, 0.4) is 0 Å². The SMILES string of the molecule is CC(C)CNC(=O)C1(c2ccc(NS(C)(=O)=O)cc2)CC1. The summed E-state index contributed by atoms with van der Waals surface area (Å²) in [7, 11) is -3.27. The predicted octanol–water partition coefficient (Wildman–Crippen LogP) is 1.86. The standard InChI is InChI=1S/C15H22N2O3S/c1-11(2)10-16-14(18)15(8-9-15)12-4-6-13(7-5-12)17-21(3,19)20/h4-7,11,17H,8-10H2,1-3H3,(H,16,18). The highest BCUT2D eigenvalue weighted by atomic mass is 32.2. The van der Waals surface area contributed by atoms with Gasteiger partial charge in [-0.2, -0.15) is 0 Å². The number of benzene rings is 1. The van der Waals surface area contributed by atoms with Crippen molar-refractivity contribution >= 4 is 21.6 Å². The molecule has 21 heavy (non-hydrogen) atoms. The van der Waals surface area contributed by atoms with Crippen molar-refractivity contribution < 1.29 is 13.2 Å². The van der Waals surface area contributed by atoms with E-state index in [9.17, 15) is 13.2 Å². The minimum Gasteiger partial charge on any atom is -0.355 e. The first-order chi connectivity index (χ1) is 9.73. The van der Waals surface area contributed by atoms with Crippen LogP contribution < -0.4 is 10.0 Å². The van der Waals surface area contributed by atoms with Crippen LogP contribution in [0.25, 0.3) is 0 Å². The Morgan fingerprint density at radius 3 is 2.24 bits per heavy atom. The minimum absolute atomic E-state index is 0.0695. The van der Waals surface area contributed by atoms with E-state index >= 15 is 0 Å². The van der Waals surface area contributed by atoms with E-state index < -0.39 is 15.4 Å². The number of hydrogen-bond donors (Lipinski definition) is 2. The van der Waals surface area contributed by atoms with Crippen molar-refractivity contribution in [1.82, 2.24) is 5.32 Å². The maximum Gasteiger partial charge on any atom is 0.230 e. The molecule has 5 nitrogen and oxygen atoms in total. The van der Waals surface area contributed by atoms with E-state index in [0.29, 0.717) is 18.2 Å². The molecule has 1 aromatic rings. The Morgan fingerprint density at radius 2 is 1.81 bits per heavy atom. The number of nitrogens with one attached hydrogen (secondary N) is 2. The van der Waals surface area contributed by atoms with Crippen molar-refractivity contribution in [1.29, 1.82) is 0 Å². The average molecular weight is 310 g/mol. The maximum absolute atomic E-state index is 12.3. The van der Waals surface area contributed by atoms with Gasteiger partial charge in [0.05, 0.1) is 11.7 Å². The summed E-state index contributed by atoms with van der Waals surface area (Å²) in [6.07, 6.45) is 2.80. The van der Waals surface area contributed by atoms with Gasteiger partial charge in [-0.1, -0.05) is 26.0 Å². The lowest BCUT2D eigenvalue weighted by atomic mass is 9.94. The number of rotatable bonds is 6. The third kappa shape index (κ3) is 3.97. The van der Waals surface area contributed by atoms with E-state index in [1.54, 1.807) is 12.1 Å². The van der Waals surface area contributed by atoms with Crippen LogP contribution in [0.5, 0.6) is 0 Å². The summed E-state index contributed by atoms with van der Waals surface area (Å²) in [5, 5.41) is 2.99. The van der Waals surface area contributed by atoms with Gasteiger partial charge in [0.25, 0.3) is 0 Å². The van der Waals surface area contributed by atoms with E-state index in [4.69, 9.17) is 0 Å². The zero-order valence-corrected chi connectivity index (χ0v) is 13.5. The molecule has 2 N–H and O–H groups in total. The first kappa shape index (κ1) is 15.8. The van der Waals surface area contributed by atoms with Gasteiger partial charge in [0.2, 0.25) is 15.9 Å². The number of sulfonamides is 1.